The lowest BCUT2D eigenvalue weighted by atomic mass is 9.87. The number of hydrogen-bond donors (Lipinski definition) is 2. The van der Waals surface area contributed by atoms with Crippen molar-refractivity contribution in [3.8, 4) is 11.5 Å². The van der Waals surface area contributed by atoms with Gasteiger partial charge in [0.1, 0.15) is 11.5 Å². The number of ether oxygens (including phenoxy) is 2. The van der Waals surface area contributed by atoms with Crippen LogP contribution in [0.25, 0.3) is 10.9 Å². The highest BCUT2D eigenvalue weighted by Gasteiger charge is 2.26. The molecular formula is C26H32N2O3. The number of fused-ring (bicyclic) bond motifs is 3. The summed E-state index contributed by atoms with van der Waals surface area (Å²) in [6, 6.07) is 14.5. The quantitative estimate of drug-likeness (QED) is 0.534. The first-order valence-electron chi connectivity index (χ1n) is 11.0. The van der Waals surface area contributed by atoms with Crippen molar-refractivity contribution in [2.75, 3.05) is 13.7 Å². The van der Waals surface area contributed by atoms with E-state index in [0.717, 1.165) is 29.9 Å². The largest absolute Gasteiger partial charge is 0.497 e. The number of nitrogens with one attached hydrogen (secondary N) is 2. The van der Waals surface area contributed by atoms with Crippen LogP contribution < -0.4 is 14.8 Å². The Labute approximate surface area is 184 Å². The maximum absolute atomic E-state index is 12.4. The third kappa shape index (κ3) is 4.87. The Morgan fingerprint density at radius 2 is 1.84 bits per heavy atom. The predicted octanol–water partition coefficient (Wildman–Crippen LogP) is 4.92. The van der Waals surface area contributed by atoms with Crippen LogP contribution in [0.3, 0.4) is 0 Å². The molecule has 1 aliphatic rings. The number of aromatic nitrogens is 1. The lowest BCUT2D eigenvalue weighted by Crippen LogP contribution is -2.35. The number of carbonyl (C=O) groups excluding carboxylic acids is 1. The summed E-state index contributed by atoms with van der Waals surface area (Å²) in [4.78, 5) is 15.9. The number of aromatic amines is 1. The molecule has 0 saturated heterocycles. The molecule has 5 heteroatoms. The fraction of sp³-hybridized carbons (Fsp3) is 0.423. The average Bonchev–Trinajstić information content (AvgIpc) is 3.27. The highest BCUT2D eigenvalue weighted by Crippen LogP contribution is 2.32. The summed E-state index contributed by atoms with van der Waals surface area (Å²) in [6.45, 7) is 7.13. The molecule has 1 heterocycles. The van der Waals surface area contributed by atoms with Crippen LogP contribution >= 0.6 is 0 Å². The van der Waals surface area contributed by atoms with Gasteiger partial charge in [0.25, 0.3) is 0 Å². The molecule has 0 spiro atoms. The lowest BCUT2D eigenvalue weighted by Gasteiger charge is -2.19. The number of carbonyl (C=O) groups is 1. The Morgan fingerprint density at radius 1 is 1.10 bits per heavy atom. The van der Waals surface area contributed by atoms with Crippen molar-refractivity contribution in [3.05, 3.63) is 59.3 Å². The Hall–Kier alpha value is -2.95. The van der Waals surface area contributed by atoms with Crippen LogP contribution in [0, 0.1) is 0 Å². The molecule has 3 aromatic rings. The first-order valence-corrected chi connectivity index (χ1v) is 11.0. The molecular weight excluding hydrogens is 388 g/mol. The fourth-order valence-corrected chi connectivity index (χ4v) is 4.26. The molecule has 164 valence electrons. The van der Waals surface area contributed by atoms with Gasteiger partial charge in [-0.1, -0.05) is 32.9 Å². The zero-order valence-electron chi connectivity index (χ0n) is 18.9. The van der Waals surface area contributed by atoms with E-state index in [9.17, 15) is 4.79 Å². The Morgan fingerprint density at radius 3 is 2.55 bits per heavy atom. The Kier molecular flexibility index (Phi) is 5.94. The zero-order valence-corrected chi connectivity index (χ0v) is 18.9. The second-order valence-electron chi connectivity index (χ2n) is 9.39. The molecule has 0 fully saturated rings. The van der Waals surface area contributed by atoms with Crippen LogP contribution in [-0.2, 0) is 23.1 Å². The second kappa shape index (κ2) is 8.66. The summed E-state index contributed by atoms with van der Waals surface area (Å²) >= 11 is 0. The van der Waals surface area contributed by atoms with Gasteiger partial charge in [-0.2, -0.15) is 0 Å². The molecule has 1 aromatic heterocycles. The number of methoxy groups -OCH3 is 1. The smallest absolute Gasteiger partial charge is 0.220 e. The summed E-state index contributed by atoms with van der Waals surface area (Å²) in [5.74, 6) is 1.79. The van der Waals surface area contributed by atoms with E-state index in [4.69, 9.17) is 9.47 Å². The van der Waals surface area contributed by atoms with Crippen molar-refractivity contribution in [2.24, 2.45) is 0 Å². The number of benzene rings is 2. The zero-order chi connectivity index (χ0) is 22.0. The predicted molar refractivity (Wildman–Crippen MR) is 124 cm³/mol. The van der Waals surface area contributed by atoms with Gasteiger partial charge in [-0.05, 0) is 59.7 Å². The fourth-order valence-electron chi connectivity index (χ4n) is 4.26. The van der Waals surface area contributed by atoms with Crippen LogP contribution in [0.15, 0.2) is 42.5 Å². The van der Waals surface area contributed by atoms with E-state index in [-0.39, 0.29) is 17.4 Å². The van der Waals surface area contributed by atoms with Gasteiger partial charge in [0.05, 0.1) is 13.7 Å². The molecule has 0 aliphatic heterocycles. The van der Waals surface area contributed by atoms with E-state index >= 15 is 0 Å². The highest BCUT2D eigenvalue weighted by molar-refractivity contribution is 5.87. The Balaban J connectivity index is 1.22. The van der Waals surface area contributed by atoms with Crippen molar-refractivity contribution in [1.82, 2.24) is 10.3 Å². The minimum atomic E-state index is 0.0868. The third-order valence-corrected chi connectivity index (χ3v) is 6.01. The van der Waals surface area contributed by atoms with Crippen molar-refractivity contribution < 1.29 is 14.3 Å². The molecule has 4 rings (SSSR count). The van der Waals surface area contributed by atoms with Gasteiger partial charge in [-0.3, -0.25) is 4.79 Å². The van der Waals surface area contributed by atoms with E-state index in [2.05, 4.69) is 55.3 Å². The van der Waals surface area contributed by atoms with Crippen molar-refractivity contribution in [3.63, 3.8) is 0 Å². The summed E-state index contributed by atoms with van der Waals surface area (Å²) in [7, 11) is 1.68. The van der Waals surface area contributed by atoms with Gasteiger partial charge in [0.2, 0.25) is 5.91 Å². The molecule has 0 radical (unpaired) electrons. The van der Waals surface area contributed by atoms with Crippen molar-refractivity contribution in [2.45, 2.75) is 57.9 Å². The van der Waals surface area contributed by atoms with Crippen LogP contribution in [0.2, 0.25) is 0 Å². The molecule has 1 unspecified atom stereocenters. The summed E-state index contributed by atoms with van der Waals surface area (Å²) in [6.07, 6.45) is 2.86. The van der Waals surface area contributed by atoms with E-state index in [1.54, 1.807) is 7.11 Å². The van der Waals surface area contributed by atoms with Crippen molar-refractivity contribution in [1.29, 1.82) is 0 Å². The second-order valence-corrected chi connectivity index (χ2v) is 9.39. The number of hydrogen-bond acceptors (Lipinski definition) is 3. The van der Waals surface area contributed by atoms with Gasteiger partial charge in [-0.15, -0.1) is 0 Å². The molecule has 0 bridgehead atoms. The highest BCUT2D eigenvalue weighted by atomic mass is 16.5. The number of H-pyrrole nitrogens is 1. The molecule has 2 N–H and O–H groups in total. The monoisotopic (exact) mass is 420 g/mol. The van der Waals surface area contributed by atoms with E-state index in [0.29, 0.717) is 19.4 Å². The maximum Gasteiger partial charge on any atom is 0.220 e. The van der Waals surface area contributed by atoms with Gasteiger partial charge in [0, 0.05) is 35.5 Å². The third-order valence-electron chi connectivity index (χ3n) is 6.01. The van der Waals surface area contributed by atoms with Crippen molar-refractivity contribution >= 4 is 16.8 Å². The van der Waals surface area contributed by atoms with Gasteiger partial charge in [-0.25, -0.2) is 0 Å². The molecule has 5 nitrogen and oxygen atoms in total. The topological polar surface area (TPSA) is 63.3 Å². The van der Waals surface area contributed by atoms with E-state index in [1.807, 2.05) is 18.2 Å². The Bertz CT molecular complexity index is 1060. The van der Waals surface area contributed by atoms with E-state index < -0.39 is 0 Å². The van der Waals surface area contributed by atoms with Gasteiger partial charge < -0.3 is 19.8 Å². The molecule has 1 atom stereocenters. The minimum absolute atomic E-state index is 0.0868. The summed E-state index contributed by atoms with van der Waals surface area (Å²) in [5.41, 5.74) is 5.06. The van der Waals surface area contributed by atoms with Gasteiger partial charge in [0.15, 0.2) is 0 Å². The summed E-state index contributed by atoms with van der Waals surface area (Å²) < 4.78 is 11.2. The standard InChI is InChI=1S/C26H32N2O3/c1-26(2,3)17-7-9-19(10-8-17)31-13-5-6-25(29)27-18-14-21-22-16-20(30-4)11-12-23(22)28-24(21)15-18/h7-12,16,18,28H,5-6,13-15H2,1-4H3,(H,27,29). The van der Waals surface area contributed by atoms with Crippen LogP contribution in [0.1, 0.15) is 50.4 Å². The maximum atomic E-state index is 12.4. The lowest BCUT2D eigenvalue weighted by molar-refractivity contribution is -0.121. The van der Waals surface area contributed by atoms with Gasteiger partial charge >= 0.3 is 0 Å². The van der Waals surface area contributed by atoms with Crippen LogP contribution in [0.4, 0.5) is 0 Å². The normalized spacial score (nSPS) is 15.7. The minimum Gasteiger partial charge on any atom is -0.497 e. The van der Waals surface area contributed by atoms with Crippen LogP contribution in [0.5, 0.6) is 11.5 Å². The molecule has 1 amide bonds. The molecule has 2 aromatic carbocycles. The molecule has 0 saturated carbocycles. The molecule has 1 aliphatic carbocycles. The number of rotatable bonds is 7. The SMILES string of the molecule is COc1ccc2[nH]c3c(c2c1)CC(NC(=O)CCCOc1ccc(C(C)(C)C)cc1)C3. The first kappa shape index (κ1) is 21.3. The number of amides is 1. The summed E-state index contributed by atoms with van der Waals surface area (Å²) in [5, 5.41) is 4.37. The van der Waals surface area contributed by atoms with Crippen LogP contribution in [-0.4, -0.2) is 30.6 Å². The molecule has 31 heavy (non-hydrogen) atoms. The first-order chi connectivity index (χ1) is 14.8. The average molecular weight is 421 g/mol. The van der Waals surface area contributed by atoms with E-state index in [1.165, 1.54) is 22.2 Å².